The van der Waals surface area contributed by atoms with Crippen LogP contribution < -0.4 is 9.47 Å². The number of benzene rings is 2. The number of ether oxygens (including phenoxy) is 2. The molecule has 0 N–H and O–H groups in total. The molecule has 0 atom stereocenters. The lowest BCUT2D eigenvalue weighted by molar-refractivity contribution is 0.104. The van der Waals surface area contributed by atoms with E-state index >= 15 is 0 Å². The second-order valence-corrected chi connectivity index (χ2v) is 7.75. The van der Waals surface area contributed by atoms with Gasteiger partial charge in [0.15, 0.2) is 5.78 Å². The van der Waals surface area contributed by atoms with Crippen molar-refractivity contribution in [3.05, 3.63) is 47.5 Å². The number of hydrogen-bond acceptors (Lipinski definition) is 5. The van der Waals surface area contributed by atoms with Crippen molar-refractivity contribution in [1.82, 2.24) is 9.80 Å². The highest BCUT2D eigenvalue weighted by atomic mass is 16.5. The molecule has 0 aromatic heterocycles. The summed E-state index contributed by atoms with van der Waals surface area (Å²) in [5, 5.41) is 0. The van der Waals surface area contributed by atoms with Gasteiger partial charge in [0.25, 0.3) is 0 Å². The maximum Gasteiger partial charge on any atom is 0.194 e. The third-order valence-electron chi connectivity index (χ3n) is 4.80. The Hall–Kier alpha value is -2.37. The number of fused-ring (bicyclic) bond motifs is 3. The first kappa shape index (κ1) is 20.4. The number of rotatable bonds is 10. The normalized spacial score (nSPS) is 12.4. The van der Waals surface area contributed by atoms with Gasteiger partial charge < -0.3 is 19.3 Å². The molecule has 0 saturated heterocycles. The summed E-state index contributed by atoms with van der Waals surface area (Å²) < 4.78 is 11.7. The number of carbonyl (C=O) groups is 1. The lowest BCUT2D eigenvalue weighted by Gasteiger charge is -2.11. The fourth-order valence-corrected chi connectivity index (χ4v) is 3.36. The first-order valence-electron chi connectivity index (χ1n) is 9.84. The van der Waals surface area contributed by atoms with Crippen molar-refractivity contribution in [2.45, 2.75) is 12.8 Å². The number of ketones is 1. The molecule has 0 amide bonds. The average Bonchev–Trinajstić information content (AvgIpc) is 2.94. The van der Waals surface area contributed by atoms with E-state index in [2.05, 4.69) is 9.80 Å². The van der Waals surface area contributed by atoms with E-state index in [9.17, 15) is 4.79 Å². The van der Waals surface area contributed by atoms with Crippen LogP contribution >= 0.6 is 0 Å². The minimum absolute atomic E-state index is 0.0440. The summed E-state index contributed by atoms with van der Waals surface area (Å²) in [6, 6.07) is 11.6. The van der Waals surface area contributed by atoms with Gasteiger partial charge in [-0.1, -0.05) is 0 Å². The average molecular weight is 383 g/mol. The van der Waals surface area contributed by atoms with Crippen molar-refractivity contribution in [2.24, 2.45) is 0 Å². The molecule has 0 bridgehead atoms. The van der Waals surface area contributed by atoms with Crippen LogP contribution in [0.15, 0.2) is 36.4 Å². The summed E-state index contributed by atoms with van der Waals surface area (Å²) in [5.41, 5.74) is 3.37. The SMILES string of the molecule is CN(C)CCCOc1ccc2c(c1)C(=O)c1cc(OCCCN(C)C)ccc1-2. The largest absolute Gasteiger partial charge is 0.494 e. The van der Waals surface area contributed by atoms with Gasteiger partial charge in [0.1, 0.15) is 11.5 Å². The highest BCUT2D eigenvalue weighted by Gasteiger charge is 2.27. The Morgan fingerprint density at radius 3 is 1.50 bits per heavy atom. The van der Waals surface area contributed by atoms with Crippen LogP contribution in [0.25, 0.3) is 11.1 Å². The molecule has 150 valence electrons. The van der Waals surface area contributed by atoms with Crippen LogP contribution in [0.4, 0.5) is 0 Å². The molecule has 0 fully saturated rings. The van der Waals surface area contributed by atoms with E-state index in [4.69, 9.17) is 9.47 Å². The summed E-state index contributed by atoms with van der Waals surface area (Å²) in [6.45, 7) is 3.24. The molecule has 3 rings (SSSR count). The van der Waals surface area contributed by atoms with Gasteiger partial charge in [0.2, 0.25) is 0 Å². The summed E-state index contributed by atoms with van der Waals surface area (Å²) in [7, 11) is 8.19. The van der Waals surface area contributed by atoms with E-state index in [0.717, 1.165) is 48.6 Å². The Kier molecular flexibility index (Phi) is 6.70. The third-order valence-corrected chi connectivity index (χ3v) is 4.80. The minimum Gasteiger partial charge on any atom is -0.494 e. The van der Waals surface area contributed by atoms with Gasteiger partial charge in [-0.2, -0.15) is 0 Å². The molecule has 1 aliphatic carbocycles. The Labute approximate surface area is 167 Å². The standard InChI is InChI=1S/C23H30N2O3/c1-24(2)11-5-13-27-17-7-9-19-20-10-8-18(28-14-6-12-25(3)4)16-22(20)23(26)21(19)15-17/h7-10,15-16H,5-6,11-14H2,1-4H3. The Balaban J connectivity index is 1.66. The predicted octanol–water partition coefficient (Wildman–Crippen LogP) is 3.56. The number of carbonyl (C=O) groups excluding carboxylic acids is 1. The highest BCUT2D eigenvalue weighted by molar-refractivity contribution is 6.22. The van der Waals surface area contributed by atoms with Crippen molar-refractivity contribution >= 4 is 5.78 Å². The Morgan fingerprint density at radius 2 is 1.11 bits per heavy atom. The summed E-state index contributed by atoms with van der Waals surface area (Å²) in [5.74, 6) is 1.54. The molecule has 0 unspecified atom stereocenters. The molecule has 0 spiro atoms. The lowest BCUT2D eigenvalue weighted by Crippen LogP contribution is -2.15. The molecule has 1 aliphatic rings. The molecule has 0 heterocycles. The second-order valence-electron chi connectivity index (χ2n) is 7.75. The molecule has 0 aliphatic heterocycles. The van der Waals surface area contributed by atoms with E-state index in [1.54, 1.807) is 0 Å². The van der Waals surface area contributed by atoms with E-state index in [1.165, 1.54) is 0 Å². The zero-order valence-corrected chi connectivity index (χ0v) is 17.3. The fraction of sp³-hybridized carbons (Fsp3) is 0.435. The Bertz CT molecular complexity index is 763. The van der Waals surface area contributed by atoms with Crippen LogP contribution in [-0.2, 0) is 0 Å². The first-order chi connectivity index (χ1) is 13.5. The van der Waals surface area contributed by atoms with Crippen LogP contribution in [0, 0.1) is 0 Å². The molecule has 5 heteroatoms. The lowest BCUT2D eigenvalue weighted by atomic mass is 10.1. The minimum atomic E-state index is 0.0440. The molecule has 28 heavy (non-hydrogen) atoms. The molecule has 0 radical (unpaired) electrons. The predicted molar refractivity (Wildman–Crippen MR) is 113 cm³/mol. The van der Waals surface area contributed by atoms with Gasteiger partial charge in [-0.05, 0) is 88.6 Å². The van der Waals surface area contributed by atoms with Gasteiger partial charge in [-0.25, -0.2) is 0 Å². The topological polar surface area (TPSA) is 42.0 Å². The number of nitrogens with zero attached hydrogens (tertiary/aromatic N) is 2. The smallest absolute Gasteiger partial charge is 0.194 e. The maximum atomic E-state index is 12.9. The van der Waals surface area contributed by atoms with Gasteiger partial charge >= 0.3 is 0 Å². The van der Waals surface area contributed by atoms with E-state index in [1.807, 2.05) is 64.6 Å². The van der Waals surface area contributed by atoms with E-state index in [-0.39, 0.29) is 5.78 Å². The van der Waals surface area contributed by atoms with Crippen molar-refractivity contribution in [2.75, 3.05) is 54.5 Å². The molecular formula is C23H30N2O3. The van der Waals surface area contributed by atoms with Crippen molar-refractivity contribution in [3.8, 4) is 22.6 Å². The summed E-state index contributed by atoms with van der Waals surface area (Å²) in [6.07, 6.45) is 1.90. The maximum absolute atomic E-state index is 12.9. The van der Waals surface area contributed by atoms with Crippen molar-refractivity contribution in [3.63, 3.8) is 0 Å². The zero-order chi connectivity index (χ0) is 20.1. The van der Waals surface area contributed by atoms with Crippen LogP contribution in [-0.4, -0.2) is 70.1 Å². The molecular weight excluding hydrogens is 352 g/mol. The van der Waals surface area contributed by atoms with Crippen molar-refractivity contribution in [1.29, 1.82) is 0 Å². The second kappa shape index (κ2) is 9.22. The van der Waals surface area contributed by atoms with Crippen LogP contribution in [0.5, 0.6) is 11.5 Å². The van der Waals surface area contributed by atoms with E-state index < -0.39 is 0 Å². The molecule has 0 saturated carbocycles. The van der Waals surface area contributed by atoms with Crippen LogP contribution in [0.3, 0.4) is 0 Å². The highest BCUT2D eigenvalue weighted by Crippen LogP contribution is 2.39. The summed E-state index contributed by atoms with van der Waals surface area (Å²) in [4.78, 5) is 17.2. The first-order valence-corrected chi connectivity index (χ1v) is 9.84. The van der Waals surface area contributed by atoms with Crippen LogP contribution in [0.2, 0.25) is 0 Å². The van der Waals surface area contributed by atoms with Gasteiger partial charge in [0.05, 0.1) is 13.2 Å². The molecule has 2 aromatic rings. The quantitative estimate of drug-likeness (QED) is 0.502. The van der Waals surface area contributed by atoms with Gasteiger partial charge in [-0.3, -0.25) is 4.79 Å². The zero-order valence-electron chi connectivity index (χ0n) is 17.3. The third kappa shape index (κ3) is 4.91. The van der Waals surface area contributed by atoms with E-state index in [0.29, 0.717) is 24.3 Å². The van der Waals surface area contributed by atoms with Crippen LogP contribution in [0.1, 0.15) is 28.8 Å². The molecule has 5 nitrogen and oxygen atoms in total. The van der Waals surface area contributed by atoms with Crippen molar-refractivity contribution < 1.29 is 14.3 Å². The van der Waals surface area contributed by atoms with Gasteiger partial charge in [0, 0.05) is 24.2 Å². The van der Waals surface area contributed by atoms with Gasteiger partial charge in [-0.15, -0.1) is 0 Å². The summed E-state index contributed by atoms with van der Waals surface area (Å²) >= 11 is 0. The monoisotopic (exact) mass is 382 g/mol. The Morgan fingerprint density at radius 1 is 0.679 bits per heavy atom. The number of hydrogen-bond donors (Lipinski definition) is 0. The fourth-order valence-electron chi connectivity index (χ4n) is 3.36. The molecule has 2 aromatic carbocycles.